The second-order valence-electron chi connectivity index (χ2n) is 7.09. The summed E-state index contributed by atoms with van der Waals surface area (Å²) in [7, 11) is -0.215. The van der Waals surface area contributed by atoms with Gasteiger partial charge in [0.1, 0.15) is 6.61 Å². The largest absolute Gasteiger partial charge is 0.489 e. The van der Waals surface area contributed by atoms with E-state index in [4.69, 9.17) is 23.9 Å². The molecule has 0 aromatic heterocycles. The summed E-state index contributed by atoms with van der Waals surface area (Å²) in [6.07, 6.45) is -1.29. The standard InChI is InChI=1S/C19H20N4O9S/c1-21-19(26)31-7-8-5-10-13(16(25)18(30-3)17(29-2)15(10)24)9-6-11(32-33(4,27)28)14(12(8)9)22-23-20/h5,11,14H,6-7H2,1-4H3,(H,21,26). The number of allylic oxidation sites excluding steroid dienone is 2. The van der Waals surface area contributed by atoms with Crippen LogP contribution in [0.1, 0.15) is 43.4 Å². The number of alkyl carbamates (subject to hydrolysis) is 1. The summed E-state index contributed by atoms with van der Waals surface area (Å²) in [5.41, 5.74) is 9.70. The predicted octanol–water partition coefficient (Wildman–Crippen LogP) is 1.68. The highest BCUT2D eigenvalue weighted by Gasteiger charge is 2.44. The van der Waals surface area contributed by atoms with Crippen LogP contribution in [0.5, 0.6) is 0 Å². The molecule has 1 amide bonds. The zero-order valence-electron chi connectivity index (χ0n) is 18.1. The number of hydrogen-bond acceptors (Lipinski definition) is 10. The monoisotopic (exact) mass is 480 g/mol. The number of fused-ring (bicyclic) bond motifs is 3. The van der Waals surface area contributed by atoms with Crippen molar-refractivity contribution in [2.45, 2.75) is 25.2 Å². The molecule has 2 aliphatic carbocycles. The Bertz CT molecular complexity index is 1230. The first-order chi connectivity index (χ1) is 15.6. The summed E-state index contributed by atoms with van der Waals surface area (Å²) in [5.74, 6) is -1.94. The second kappa shape index (κ2) is 9.10. The SMILES string of the molecule is CNC(=O)OCc1cc2c(c3c1C(N=[N+]=[N-])C(OS(C)(=O)=O)C3)C(=O)C(OC)=C(OC)C2=O. The first-order valence-electron chi connectivity index (χ1n) is 9.45. The van der Waals surface area contributed by atoms with E-state index in [1.54, 1.807) is 0 Å². The number of rotatable bonds is 7. The normalized spacial score (nSPS) is 19.4. The van der Waals surface area contributed by atoms with Crippen LogP contribution >= 0.6 is 0 Å². The Labute approximate surface area is 188 Å². The topological polar surface area (TPSA) is 183 Å². The van der Waals surface area contributed by atoms with Gasteiger partial charge in [-0.1, -0.05) is 5.11 Å². The molecule has 0 heterocycles. The molecule has 13 nitrogen and oxygen atoms in total. The first kappa shape index (κ1) is 24.0. The van der Waals surface area contributed by atoms with Gasteiger partial charge in [0.05, 0.1) is 32.6 Å². The maximum Gasteiger partial charge on any atom is 0.407 e. The molecule has 1 N–H and O–H groups in total. The Morgan fingerprint density at radius 1 is 1.24 bits per heavy atom. The number of carbonyl (C=O) groups excluding carboxylic acids is 3. The molecule has 176 valence electrons. The number of nitrogens with zero attached hydrogens (tertiary/aromatic N) is 3. The molecule has 0 saturated heterocycles. The number of carbonyl (C=O) groups is 3. The highest BCUT2D eigenvalue weighted by molar-refractivity contribution is 7.86. The molecule has 2 unspecified atom stereocenters. The van der Waals surface area contributed by atoms with E-state index in [9.17, 15) is 22.8 Å². The maximum atomic E-state index is 13.2. The van der Waals surface area contributed by atoms with Gasteiger partial charge in [0, 0.05) is 29.5 Å². The molecular formula is C19H20N4O9S. The molecule has 3 rings (SSSR count). The van der Waals surface area contributed by atoms with Crippen molar-refractivity contribution >= 4 is 27.8 Å². The summed E-state index contributed by atoms with van der Waals surface area (Å²) in [4.78, 5) is 40.7. The average molecular weight is 480 g/mol. The number of Topliss-reactive ketones (excluding diaryl/α,β-unsaturated/α-hetero) is 2. The number of azide groups is 1. The zero-order chi connectivity index (χ0) is 24.5. The van der Waals surface area contributed by atoms with Gasteiger partial charge < -0.3 is 19.5 Å². The Kier molecular flexibility index (Phi) is 6.63. The second-order valence-corrected chi connectivity index (χ2v) is 8.69. The molecule has 0 radical (unpaired) electrons. The Morgan fingerprint density at radius 2 is 1.88 bits per heavy atom. The van der Waals surface area contributed by atoms with Crippen molar-refractivity contribution in [3.05, 3.63) is 55.8 Å². The fourth-order valence-electron chi connectivity index (χ4n) is 3.98. The van der Waals surface area contributed by atoms with E-state index < -0.39 is 39.9 Å². The Morgan fingerprint density at radius 3 is 2.42 bits per heavy atom. The van der Waals surface area contributed by atoms with Crippen LogP contribution in [0.3, 0.4) is 0 Å². The van der Waals surface area contributed by atoms with Crippen molar-refractivity contribution in [2.75, 3.05) is 27.5 Å². The van der Waals surface area contributed by atoms with Gasteiger partial charge in [0.25, 0.3) is 10.1 Å². The lowest BCUT2D eigenvalue weighted by atomic mass is 9.84. The molecule has 1 aromatic rings. The molecule has 0 aliphatic heterocycles. The van der Waals surface area contributed by atoms with Crippen molar-refractivity contribution in [1.29, 1.82) is 0 Å². The third-order valence-corrected chi connectivity index (χ3v) is 5.75. The lowest BCUT2D eigenvalue weighted by Crippen LogP contribution is -2.26. The van der Waals surface area contributed by atoms with E-state index in [1.807, 2.05) is 0 Å². The van der Waals surface area contributed by atoms with Gasteiger partial charge in [-0.05, 0) is 28.3 Å². The summed E-state index contributed by atoms with van der Waals surface area (Å²) < 4.78 is 44.0. The smallest absolute Gasteiger partial charge is 0.407 e. The summed E-state index contributed by atoms with van der Waals surface area (Å²) in [6.45, 7) is -0.358. The molecule has 14 heteroatoms. The van der Waals surface area contributed by atoms with Gasteiger partial charge >= 0.3 is 6.09 Å². The molecule has 0 fully saturated rings. The van der Waals surface area contributed by atoms with E-state index in [1.165, 1.54) is 27.3 Å². The predicted molar refractivity (Wildman–Crippen MR) is 111 cm³/mol. The van der Waals surface area contributed by atoms with Crippen LogP contribution in [-0.4, -0.2) is 59.7 Å². The van der Waals surface area contributed by atoms with Crippen molar-refractivity contribution in [3.63, 3.8) is 0 Å². The molecular weight excluding hydrogens is 460 g/mol. The fourth-order valence-corrected chi connectivity index (χ4v) is 4.60. The van der Waals surface area contributed by atoms with Crippen molar-refractivity contribution < 1.29 is 41.2 Å². The number of nitrogens with one attached hydrogen (secondary N) is 1. The van der Waals surface area contributed by atoms with Crippen LogP contribution in [0, 0.1) is 0 Å². The van der Waals surface area contributed by atoms with E-state index in [0.29, 0.717) is 0 Å². The lowest BCUT2D eigenvalue weighted by molar-refractivity contribution is 0.0827. The third kappa shape index (κ3) is 4.35. The Hall–Kier alpha value is -3.61. The van der Waals surface area contributed by atoms with E-state index in [0.717, 1.165) is 6.26 Å². The highest BCUT2D eigenvalue weighted by Crippen LogP contribution is 2.44. The highest BCUT2D eigenvalue weighted by atomic mass is 32.2. The van der Waals surface area contributed by atoms with Gasteiger partial charge in [0.2, 0.25) is 23.1 Å². The van der Waals surface area contributed by atoms with Crippen LogP contribution in [0.15, 0.2) is 22.7 Å². The van der Waals surface area contributed by atoms with Crippen LogP contribution in [0.25, 0.3) is 10.4 Å². The minimum Gasteiger partial charge on any atom is -0.489 e. The van der Waals surface area contributed by atoms with E-state index in [2.05, 4.69) is 15.3 Å². The van der Waals surface area contributed by atoms with Crippen LogP contribution < -0.4 is 5.32 Å². The van der Waals surface area contributed by atoms with Gasteiger partial charge in [-0.2, -0.15) is 8.42 Å². The molecule has 0 bridgehead atoms. The minimum atomic E-state index is -3.98. The van der Waals surface area contributed by atoms with Crippen LogP contribution in [-0.2, 0) is 41.5 Å². The summed E-state index contributed by atoms with van der Waals surface area (Å²) in [6, 6.07) is 0.154. The van der Waals surface area contributed by atoms with Crippen molar-refractivity contribution in [2.24, 2.45) is 5.11 Å². The minimum absolute atomic E-state index is 0.0471. The number of benzene rings is 1. The van der Waals surface area contributed by atoms with Gasteiger partial charge in [-0.15, -0.1) is 0 Å². The fraction of sp³-hybridized carbons (Fsp3) is 0.421. The third-order valence-electron chi connectivity index (χ3n) is 5.15. The molecule has 0 saturated carbocycles. The maximum absolute atomic E-state index is 13.2. The average Bonchev–Trinajstić information content (AvgIpc) is 3.10. The molecule has 1 aromatic carbocycles. The van der Waals surface area contributed by atoms with E-state index in [-0.39, 0.29) is 52.4 Å². The van der Waals surface area contributed by atoms with Crippen LogP contribution in [0.4, 0.5) is 4.79 Å². The van der Waals surface area contributed by atoms with E-state index >= 15 is 0 Å². The summed E-state index contributed by atoms with van der Waals surface area (Å²) >= 11 is 0. The first-order valence-corrected chi connectivity index (χ1v) is 11.3. The number of ketones is 2. The van der Waals surface area contributed by atoms with Gasteiger partial charge in [-0.25, -0.2) is 4.79 Å². The molecule has 2 atom stereocenters. The lowest BCUT2D eigenvalue weighted by Gasteiger charge is -2.23. The van der Waals surface area contributed by atoms with Crippen molar-refractivity contribution in [3.8, 4) is 0 Å². The molecule has 0 spiro atoms. The number of methoxy groups -OCH3 is 2. The number of amides is 1. The van der Waals surface area contributed by atoms with Gasteiger partial charge in [-0.3, -0.25) is 13.8 Å². The van der Waals surface area contributed by atoms with Crippen LogP contribution in [0.2, 0.25) is 0 Å². The van der Waals surface area contributed by atoms with Gasteiger partial charge in [0.15, 0.2) is 0 Å². The summed E-state index contributed by atoms with van der Waals surface area (Å²) in [5, 5.41) is 5.95. The zero-order valence-corrected chi connectivity index (χ0v) is 18.9. The quantitative estimate of drug-likeness (QED) is 0.262. The molecule has 33 heavy (non-hydrogen) atoms. The number of ether oxygens (including phenoxy) is 3. The number of hydrogen-bond donors (Lipinski definition) is 1. The van der Waals surface area contributed by atoms with Crippen molar-refractivity contribution in [1.82, 2.24) is 5.32 Å². The molecule has 2 aliphatic rings. The Balaban J connectivity index is 2.29.